The standard InChI is InChI=1S/C17H15NO4/c19-7-9-5-10-1-2-11-14(8-22-16(11)13(10)6-9)12-3-4-15(20)18-17(12)21/h1-2,7-9,12H,3-6H2,(H,18,20,21)/t9-,12?/m1/s1. The van der Waals surface area contributed by atoms with Gasteiger partial charge in [0.05, 0.1) is 12.2 Å². The summed E-state index contributed by atoms with van der Waals surface area (Å²) in [5, 5.41) is 3.30. The summed E-state index contributed by atoms with van der Waals surface area (Å²) in [5.41, 5.74) is 3.83. The van der Waals surface area contributed by atoms with Gasteiger partial charge in [0.15, 0.2) is 0 Å². The normalized spacial score (nSPS) is 24.4. The molecule has 5 nitrogen and oxygen atoms in total. The van der Waals surface area contributed by atoms with E-state index in [-0.39, 0.29) is 23.7 Å². The van der Waals surface area contributed by atoms with E-state index in [1.54, 1.807) is 6.26 Å². The van der Waals surface area contributed by atoms with Crippen LogP contribution in [0, 0.1) is 5.92 Å². The van der Waals surface area contributed by atoms with Crippen molar-refractivity contribution in [3.63, 3.8) is 0 Å². The Bertz CT molecular complexity index is 804. The van der Waals surface area contributed by atoms with Crippen LogP contribution in [0.3, 0.4) is 0 Å². The summed E-state index contributed by atoms with van der Waals surface area (Å²) in [4.78, 5) is 34.4. The molecule has 1 aliphatic carbocycles. The number of amides is 2. The second-order valence-corrected chi connectivity index (χ2v) is 6.08. The van der Waals surface area contributed by atoms with Gasteiger partial charge in [-0.2, -0.15) is 0 Å². The number of rotatable bonds is 2. The number of imide groups is 1. The number of hydrogen-bond acceptors (Lipinski definition) is 4. The van der Waals surface area contributed by atoms with E-state index in [9.17, 15) is 14.4 Å². The predicted octanol–water partition coefficient (Wildman–Crippen LogP) is 1.87. The van der Waals surface area contributed by atoms with E-state index in [4.69, 9.17) is 4.42 Å². The van der Waals surface area contributed by atoms with Crippen molar-refractivity contribution in [3.05, 3.63) is 35.1 Å². The van der Waals surface area contributed by atoms with E-state index >= 15 is 0 Å². The molecule has 0 radical (unpaired) electrons. The number of carbonyl (C=O) groups excluding carboxylic acids is 3. The zero-order valence-electron chi connectivity index (χ0n) is 11.9. The van der Waals surface area contributed by atoms with Crippen LogP contribution in [0.15, 0.2) is 22.8 Å². The lowest BCUT2D eigenvalue weighted by atomic mass is 9.89. The maximum absolute atomic E-state index is 12.1. The number of hydrogen-bond donors (Lipinski definition) is 1. The van der Waals surface area contributed by atoms with Gasteiger partial charge in [0, 0.05) is 23.3 Å². The van der Waals surface area contributed by atoms with Crippen molar-refractivity contribution in [2.45, 2.75) is 31.6 Å². The number of fused-ring (bicyclic) bond motifs is 3. The van der Waals surface area contributed by atoms with Crippen LogP contribution in [0.2, 0.25) is 0 Å². The number of carbonyl (C=O) groups is 3. The van der Waals surface area contributed by atoms with Gasteiger partial charge in [-0.05, 0) is 30.4 Å². The summed E-state index contributed by atoms with van der Waals surface area (Å²) in [6.07, 6.45) is 4.92. The van der Waals surface area contributed by atoms with Crippen molar-refractivity contribution >= 4 is 29.1 Å². The van der Waals surface area contributed by atoms with Crippen molar-refractivity contribution in [3.8, 4) is 0 Å². The lowest BCUT2D eigenvalue weighted by molar-refractivity contribution is -0.134. The Labute approximate surface area is 126 Å². The summed E-state index contributed by atoms with van der Waals surface area (Å²) in [7, 11) is 0. The number of piperidine rings is 1. The first-order valence-electron chi connectivity index (χ1n) is 7.48. The molecular formula is C17H15NO4. The summed E-state index contributed by atoms with van der Waals surface area (Å²) in [6.45, 7) is 0. The highest BCUT2D eigenvalue weighted by Crippen LogP contribution is 2.38. The van der Waals surface area contributed by atoms with Crippen LogP contribution in [0.5, 0.6) is 0 Å². The first-order chi connectivity index (χ1) is 10.7. The Hall–Kier alpha value is -2.43. The molecule has 2 aliphatic rings. The number of furan rings is 1. The third-order valence-corrected chi connectivity index (χ3v) is 4.73. The Balaban J connectivity index is 1.77. The molecule has 112 valence electrons. The number of benzene rings is 1. The lowest BCUT2D eigenvalue weighted by Crippen LogP contribution is -2.39. The highest BCUT2D eigenvalue weighted by atomic mass is 16.3. The van der Waals surface area contributed by atoms with E-state index in [2.05, 4.69) is 5.32 Å². The number of nitrogens with one attached hydrogen (secondary N) is 1. The zero-order chi connectivity index (χ0) is 15.3. The van der Waals surface area contributed by atoms with Crippen molar-refractivity contribution in [2.75, 3.05) is 0 Å². The van der Waals surface area contributed by atoms with E-state index in [1.807, 2.05) is 12.1 Å². The molecule has 1 N–H and O–H groups in total. The molecule has 0 saturated carbocycles. The molecular weight excluding hydrogens is 282 g/mol. The fraction of sp³-hybridized carbons (Fsp3) is 0.353. The average molecular weight is 297 g/mol. The first-order valence-corrected chi connectivity index (χ1v) is 7.48. The Morgan fingerprint density at radius 2 is 2.09 bits per heavy atom. The highest BCUT2D eigenvalue weighted by molar-refractivity contribution is 6.03. The van der Waals surface area contributed by atoms with Gasteiger partial charge < -0.3 is 9.21 Å². The van der Waals surface area contributed by atoms with Gasteiger partial charge in [-0.1, -0.05) is 12.1 Å². The van der Waals surface area contributed by atoms with Crippen molar-refractivity contribution in [1.29, 1.82) is 0 Å². The molecule has 1 aliphatic heterocycles. The van der Waals surface area contributed by atoms with Gasteiger partial charge in [0.1, 0.15) is 11.9 Å². The summed E-state index contributed by atoms with van der Waals surface area (Å²) in [6, 6.07) is 3.98. The molecule has 2 atom stereocenters. The Morgan fingerprint density at radius 1 is 1.23 bits per heavy atom. The van der Waals surface area contributed by atoms with Crippen LogP contribution >= 0.6 is 0 Å². The molecule has 2 heterocycles. The molecule has 1 fully saturated rings. The maximum Gasteiger partial charge on any atom is 0.234 e. The van der Waals surface area contributed by atoms with Gasteiger partial charge in [0.25, 0.3) is 0 Å². The monoisotopic (exact) mass is 297 g/mol. The topological polar surface area (TPSA) is 76.4 Å². The zero-order valence-corrected chi connectivity index (χ0v) is 11.9. The van der Waals surface area contributed by atoms with E-state index in [1.165, 1.54) is 0 Å². The minimum absolute atomic E-state index is 0.0183. The largest absolute Gasteiger partial charge is 0.464 e. The van der Waals surface area contributed by atoms with Crippen LogP contribution < -0.4 is 5.32 Å². The molecule has 4 rings (SSSR count). The Morgan fingerprint density at radius 3 is 2.86 bits per heavy atom. The van der Waals surface area contributed by atoms with Crippen LogP contribution in [-0.4, -0.2) is 18.1 Å². The molecule has 2 aromatic rings. The Kier molecular flexibility index (Phi) is 2.89. The van der Waals surface area contributed by atoms with Gasteiger partial charge in [0.2, 0.25) is 11.8 Å². The van der Waals surface area contributed by atoms with Crippen LogP contribution in [0.1, 0.15) is 35.4 Å². The second-order valence-electron chi connectivity index (χ2n) is 6.08. The summed E-state index contributed by atoms with van der Waals surface area (Å²) >= 11 is 0. The fourth-order valence-corrected chi connectivity index (χ4v) is 3.60. The van der Waals surface area contributed by atoms with E-state index in [0.717, 1.165) is 40.4 Å². The third-order valence-electron chi connectivity index (χ3n) is 4.73. The average Bonchev–Trinajstić information content (AvgIpc) is 3.09. The summed E-state index contributed by atoms with van der Waals surface area (Å²) in [5.74, 6) is -0.806. The van der Waals surface area contributed by atoms with Crippen molar-refractivity contribution in [2.24, 2.45) is 5.92 Å². The minimum Gasteiger partial charge on any atom is -0.464 e. The smallest absolute Gasteiger partial charge is 0.234 e. The molecule has 1 aromatic heterocycles. The van der Waals surface area contributed by atoms with Crippen LogP contribution in [0.4, 0.5) is 0 Å². The van der Waals surface area contributed by atoms with Gasteiger partial charge in [-0.25, -0.2) is 0 Å². The van der Waals surface area contributed by atoms with Gasteiger partial charge >= 0.3 is 0 Å². The number of aldehydes is 1. The SMILES string of the molecule is O=C[C@@H]1Cc2ccc3c(C4CCC(=O)NC4=O)coc3c2C1. The van der Waals surface area contributed by atoms with Gasteiger partial charge in [-0.3, -0.25) is 14.9 Å². The molecule has 1 aromatic carbocycles. The fourth-order valence-electron chi connectivity index (χ4n) is 3.60. The molecule has 0 spiro atoms. The lowest BCUT2D eigenvalue weighted by Gasteiger charge is -2.19. The molecule has 22 heavy (non-hydrogen) atoms. The second kappa shape index (κ2) is 4.80. The van der Waals surface area contributed by atoms with Crippen LogP contribution in [-0.2, 0) is 27.2 Å². The van der Waals surface area contributed by atoms with E-state index in [0.29, 0.717) is 19.3 Å². The minimum atomic E-state index is -0.347. The molecule has 2 amide bonds. The van der Waals surface area contributed by atoms with Crippen molar-refractivity contribution in [1.82, 2.24) is 5.32 Å². The first kappa shape index (κ1) is 13.2. The highest BCUT2D eigenvalue weighted by Gasteiger charge is 2.32. The quantitative estimate of drug-likeness (QED) is 0.678. The predicted molar refractivity (Wildman–Crippen MR) is 78.3 cm³/mol. The molecule has 5 heteroatoms. The van der Waals surface area contributed by atoms with Crippen molar-refractivity contribution < 1.29 is 18.8 Å². The van der Waals surface area contributed by atoms with Gasteiger partial charge in [-0.15, -0.1) is 0 Å². The van der Waals surface area contributed by atoms with Crippen LogP contribution in [0.25, 0.3) is 11.0 Å². The maximum atomic E-state index is 12.1. The third kappa shape index (κ3) is 1.89. The summed E-state index contributed by atoms with van der Waals surface area (Å²) < 4.78 is 5.73. The van der Waals surface area contributed by atoms with E-state index < -0.39 is 0 Å². The molecule has 0 bridgehead atoms. The molecule has 1 saturated heterocycles. The molecule has 1 unspecified atom stereocenters.